The minimum absolute atomic E-state index is 0. The van der Waals surface area contributed by atoms with Crippen molar-refractivity contribution >= 4 is 222 Å². The molecular formula is C95H123BrCl10KLiMgN2O26S. The van der Waals surface area contributed by atoms with Crippen LogP contribution in [0.25, 0.3) is 5.57 Å². The Morgan fingerprint density at radius 1 is 0.457 bits per heavy atom. The summed E-state index contributed by atoms with van der Waals surface area (Å²) in [6, 6.07) is 24.4. The number of halogens is 11. The molecule has 0 amide bonds. The summed E-state index contributed by atoms with van der Waals surface area (Å²) in [4.78, 5) is 107. The van der Waals surface area contributed by atoms with Gasteiger partial charge >= 0.3 is 117 Å². The van der Waals surface area contributed by atoms with Crippen molar-refractivity contribution in [3.05, 3.63) is 201 Å². The number of rotatable bonds is 28. The molecule has 0 saturated heterocycles. The quantitative estimate of drug-likeness (QED) is 0.00599. The van der Waals surface area contributed by atoms with Gasteiger partial charge in [-0.1, -0.05) is 115 Å². The van der Waals surface area contributed by atoms with Gasteiger partial charge in [0.1, 0.15) is 63.4 Å². The number of carbonyl (C=O) groups is 10. The van der Waals surface area contributed by atoms with Crippen LogP contribution in [0.5, 0.6) is 40.2 Å². The van der Waals surface area contributed by atoms with Crippen LogP contribution in [0.4, 0.5) is 11.4 Å². The molecule has 0 aromatic heterocycles. The minimum atomic E-state index is -1.67. The zero-order valence-corrected chi connectivity index (χ0v) is 97.0. The second-order valence-corrected chi connectivity index (χ2v) is 36.6. The fraction of sp³-hybridized carbons (Fsp3) is 0.421. The second kappa shape index (κ2) is 72.9. The summed E-state index contributed by atoms with van der Waals surface area (Å²) >= 11 is 47.3. The van der Waals surface area contributed by atoms with E-state index in [4.69, 9.17) is 135 Å². The molecule has 138 heavy (non-hydrogen) atoms. The molecule has 756 valence electrons. The summed E-state index contributed by atoms with van der Waals surface area (Å²) in [5.41, 5.74) is 22.5. The number of hydrogen-bond donors (Lipinski definition) is 3. The van der Waals surface area contributed by atoms with Gasteiger partial charge in [-0.05, 0) is 235 Å². The summed E-state index contributed by atoms with van der Waals surface area (Å²) in [6.45, 7) is 27.2. The third-order valence-corrected chi connectivity index (χ3v) is 21.6. The molecule has 7 aromatic carbocycles. The van der Waals surface area contributed by atoms with Crippen LogP contribution in [0.2, 0.25) is 35.2 Å². The number of esters is 4. The molecule has 7 aromatic rings. The monoisotopic (exact) mass is 2240 g/mol. The Labute approximate surface area is 943 Å². The van der Waals surface area contributed by atoms with Gasteiger partial charge in [-0.2, -0.15) is 0 Å². The summed E-state index contributed by atoms with van der Waals surface area (Å²) in [5.74, 6) is 2.43. The number of ether oxygens (including phenoxy) is 11. The molecule has 0 radical (unpaired) electrons. The van der Waals surface area contributed by atoms with Crippen molar-refractivity contribution in [2.24, 2.45) is 0 Å². The van der Waals surface area contributed by atoms with Gasteiger partial charge in [0.25, 0.3) is 0 Å². The number of hydrogen-bond acceptors (Lipinski definition) is 27. The molecule has 0 aliphatic heterocycles. The van der Waals surface area contributed by atoms with Crippen molar-refractivity contribution in [2.45, 2.75) is 189 Å². The van der Waals surface area contributed by atoms with Gasteiger partial charge in [0.05, 0.1) is 125 Å². The van der Waals surface area contributed by atoms with Crippen LogP contribution >= 0.6 is 114 Å². The van der Waals surface area contributed by atoms with Crippen molar-refractivity contribution in [1.82, 2.24) is 0 Å². The van der Waals surface area contributed by atoms with Crippen LogP contribution in [-0.2, 0) is 120 Å². The van der Waals surface area contributed by atoms with E-state index in [0.29, 0.717) is 99.3 Å². The van der Waals surface area contributed by atoms with Crippen molar-refractivity contribution in [2.75, 3.05) is 88.7 Å². The van der Waals surface area contributed by atoms with Crippen molar-refractivity contribution in [3.63, 3.8) is 0 Å². The Bertz CT molecular complexity index is 5070. The number of methoxy groups -OCH3 is 9. The molecule has 10 rings (SSSR count). The normalized spacial score (nSPS) is 11.8. The van der Waals surface area contributed by atoms with Gasteiger partial charge in [0.2, 0.25) is 20.8 Å². The number of Topliss-reactive ketones (excluding diaryl/α,β-unsaturated/α-hetero) is 4. The average molecular weight is 2250 g/mol. The Morgan fingerprint density at radius 3 is 0.993 bits per heavy atom. The van der Waals surface area contributed by atoms with Crippen LogP contribution < -0.4 is 132 Å². The molecule has 43 heteroatoms. The maximum atomic E-state index is 11.5. The van der Waals surface area contributed by atoms with E-state index in [1.165, 1.54) is 112 Å². The number of ketones is 4. The first-order valence-corrected chi connectivity index (χ1v) is 45.7. The number of anilines is 2. The molecule has 9 N–H and O–H groups in total. The molecule has 3 aliphatic carbocycles. The predicted molar refractivity (Wildman–Crippen MR) is 538 cm³/mol. The zero-order valence-electron chi connectivity index (χ0n) is 82.5. The van der Waals surface area contributed by atoms with Gasteiger partial charge in [0, 0.05) is 115 Å². The summed E-state index contributed by atoms with van der Waals surface area (Å²) in [6.07, 6.45) is 9.37. The van der Waals surface area contributed by atoms with Crippen molar-refractivity contribution in [3.8, 4) is 40.2 Å². The first-order valence-electron chi connectivity index (χ1n) is 39.9. The average Bonchev–Trinajstić information content (AvgIpc) is 1.62. The van der Waals surface area contributed by atoms with E-state index >= 15 is 0 Å². The SMILES string of the molecule is C=C(C)c1cc(CC(C)=O)c(OC)cc1Cl.CC(=O)Cl.CCOC(=O)C=O.CCOC(=O)CCc1cc(C2(C)CC2)c(Cl)cc1OC.COC(=O)c1cc(CC(C)=O)c(OC)cc1Cl.COC(=O)c1cc(N)c(OC)cc1Cl.COc1cc(Cl)c(C(C)(C)O)cc1CC(C)=O.COc1cc(Cl)c(C2(C)CC2)cc1CC(C)=O.COc1cc(Cl)c(C2(C)CC2)cc1N.O.O=S(Cl)Cl.[Br-].[CH3-].[K+].[Li+].[Mg+2].[OH-].[OH-]. The van der Waals surface area contributed by atoms with E-state index in [1.807, 2.05) is 44.2 Å². The smallest absolute Gasteiger partial charge is 1.00 e. The molecule has 3 fully saturated rings. The summed E-state index contributed by atoms with van der Waals surface area (Å²) < 4.78 is 63.5. The van der Waals surface area contributed by atoms with E-state index in [9.17, 15) is 53.1 Å². The molecule has 0 atom stereocenters. The fourth-order valence-electron chi connectivity index (χ4n) is 12.0. The van der Waals surface area contributed by atoms with Crippen LogP contribution in [0, 0.1) is 7.43 Å². The first-order chi connectivity index (χ1) is 60.6. The van der Waals surface area contributed by atoms with E-state index < -0.39 is 32.7 Å². The molecule has 3 saturated carbocycles. The number of nitrogens with two attached hydrogens (primary N) is 2. The summed E-state index contributed by atoms with van der Waals surface area (Å²) in [5, 5.41) is 13.4. The number of nitrogen functional groups attached to an aromatic ring is 2. The molecule has 0 heterocycles. The molecule has 3 aliphatic rings. The second-order valence-electron chi connectivity index (χ2n) is 30.7. The molecular weight excluding hydrogens is 2120 g/mol. The third-order valence-electron chi connectivity index (χ3n) is 19.4. The van der Waals surface area contributed by atoms with Crippen molar-refractivity contribution < 1.29 is 213 Å². The van der Waals surface area contributed by atoms with E-state index in [2.05, 4.69) is 80.6 Å². The Balaban J connectivity index is -0.000000230. The first kappa shape index (κ1) is 148. The molecule has 28 nitrogen and oxygen atoms in total. The summed E-state index contributed by atoms with van der Waals surface area (Å²) in [7, 11) is 20.8. The number of aryl methyl sites for hydroxylation is 1. The standard InChI is InChI=1S/C16H21ClO3.C14H17ClO2.C13H17ClO3.C13H15ClO2.C12H13ClO4.C11H14ClNO.C9H10ClNO3.C4H6O3.C2H3ClO.CH3.BrH.Cl2OS.K.Li.Mg.3H2O/c1-4-20-15(18)6-5-11-9-12(16(2)7-8-16)13(17)10-14(11)19-3;1-9(16)6-10-7-11(14(2)4-5-14)12(15)8-13(10)17-3;1-8(15)5-9-6-10(13(2,3)16)11(14)7-12(9)17-4;1-8(2)11-6-10(5-9(3)15)13(16-4)7-12(11)14;1-7(14)4-8-5-9(12(15)17-3)10(13)6-11(8)16-2;1-11(3-4-11)7-5-9(13)10(14-2)6-8(7)12;1-13-8-4-6(10)5(3-7(8)11)9(12)14-2;1-2-7-4(6)3-5;1-2(3)4;;;1-4(2)3;;;;;;/h9-10H,4-8H2,1-3H3;7-8H,4-6H2,1-3H3;6-7,16H,5H2,1-4H3;6-7H,1,5H2,2-4H3;5-6H,4H2,1-3H3;5-6H,3-4,13H2,1-2H3;3-4H,11H2,1-2H3;3H,2H2,1H3;1H3;1H3;1H;;;;;3*1H2/q;;;;;;;;;-1;;;2*+1;+2;;;/p-3. The molecule has 0 unspecified atom stereocenters. The predicted octanol–water partition coefficient (Wildman–Crippen LogP) is 12.1. The van der Waals surface area contributed by atoms with Gasteiger partial charge in [0.15, 0.2) is 0 Å². The fourth-order valence-corrected chi connectivity index (χ4v) is 14.3. The van der Waals surface area contributed by atoms with Gasteiger partial charge in [-0.3, -0.25) is 33.6 Å². The maximum Gasteiger partial charge on any atom is 2.00 e. The Morgan fingerprint density at radius 2 is 0.710 bits per heavy atom. The van der Waals surface area contributed by atoms with Gasteiger partial charge in [-0.15, -0.1) is 0 Å². The number of benzene rings is 7. The topological polar surface area (TPSA) is 453 Å². The van der Waals surface area contributed by atoms with E-state index in [0.717, 1.165) is 78.2 Å². The third kappa shape index (κ3) is 52.5. The number of carbonyl (C=O) groups excluding carboxylic acids is 10. The number of allylic oxidation sites excluding steroid dienone is 1. The number of aliphatic hydroxyl groups is 1. The zero-order chi connectivity index (χ0) is 99.8. The van der Waals surface area contributed by atoms with Gasteiger partial charge in [-0.25, -0.2) is 18.6 Å². The van der Waals surface area contributed by atoms with Crippen molar-refractivity contribution in [1.29, 1.82) is 0 Å². The van der Waals surface area contributed by atoms with Crippen LogP contribution in [0.15, 0.2) is 91.5 Å². The largest absolute Gasteiger partial charge is 2.00 e. The maximum absolute atomic E-state index is 11.5. The van der Waals surface area contributed by atoms with Crippen LogP contribution in [-0.4, -0.2) is 185 Å². The number of aldehydes is 1. The molecule has 0 spiro atoms. The van der Waals surface area contributed by atoms with E-state index in [-0.39, 0.29) is 232 Å². The molecule has 0 bridgehead atoms. The minimum Gasteiger partial charge on any atom is -1.00 e. The van der Waals surface area contributed by atoms with E-state index in [1.54, 1.807) is 87.3 Å². The Hall–Kier alpha value is -5.25. The van der Waals surface area contributed by atoms with Gasteiger partial charge < -0.3 is 110 Å². The Kier molecular flexibility index (Phi) is 78.2. The van der Waals surface area contributed by atoms with Crippen LogP contribution in [0.3, 0.4) is 0 Å². The van der Waals surface area contributed by atoms with Crippen LogP contribution in [0.1, 0.15) is 211 Å².